The Morgan fingerprint density at radius 2 is 2.06 bits per heavy atom. The van der Waals surface area contributed by atoms with Gasteiger partial charge in [-0.3, -0.25) is 10.1 Å². The van der Waals surface area contributed by atoms with Gasteiger partial charge in [-0.15, -0.1) is 0 Å². The van der Waals surface area contributed by atoms with Crippen LogP contribution in [0, 0.1) is 10.1 Å². The van der Waals surface area contributed by atoms with E-state index < -0.39 is 4.92 Å². The quantitative estimate of drug-likeness (QED) is 0.656. The van der Waals surface area contributed by atoms with Gasteiger partial charge in [0.25, 0.3) is 5.69 Å². The Bertz CT molecular complexity index is 603. The Labute approximate surface area is 108 Å². The molecule has 2 aromatic rings. The molecule has 0 aliphatic heterocycles. The molecule has 0 radical (unpaired) electrons. The summed E-state index contributed by atoms with van der Waals surface area (Å²) in [6.45, 7) is 0. The van der Waals surface area contributed by atoms with Crippen LogP contribution >= 0.6 is 11.6 Å². The Kier molecular flexibility index (Phi) is 3.29. The van der Waals surface area contributed by atoms with Crippen molar-refractivity contribution in [3.8, 4) is 0 Å². The number of nitrogens with two attached hydrogens (primary N) is 1. The molecule has 92 valence electrons. The summed E-state index contributed by atoms with van der Waals surface area (Å²) in [5, 5.41) is 14.1. The third kappa shape index (κ3) is 2.67. The summed E-state index contributed by atoms with van der Waals surface area (Å²) >= 11 is 5.96. The van der Waals surface area contributed by atoms with E-state index >= 15 is 0 Å². The molecule has 0 saturated carbocycles. The first kappa shape index (κ1) is 12.1. The van der Waals surface area contributed by atoms with Crippen molar-refractivity contribution in [3.63, 3.8) is 0 Å². The van der Waals surface area contributed by atoms with E-state index in [9.17, 15) is 10.1 Å². The number of hydrogen-bond acceptors (Lipinski definition) is 5. The van der Waals surface area contributed by atoms with Crippen LogP contribution in [0.1, 0.15) is 0 Å². The second-order valence-corrected chi connectivity index (χ2v) is 3.90. The summed E-state index contributed by atoms with van der Waals surface area (Å²) in [7, 11) is 0. The molecule has 18 heavy (non-hydrogen) atoms. The number of nitro groups is 1. The standard InChI is InChI=1S/C11H9ClN4O2/c12-8-3-1-2-4-9(8)14-11-6-7(16(17)18)5-10(13)15-11/h1-6H,(H3,13,14,15). The minimum Gasteiger partial charge on any atom is -0.383 e. The first-order chi connectivity index (χ1) is 8.56. The number of nitrogen functional groups attached to an aromatic ring is 1. The highest BCUT2D eigenvalue weighted by molar-refractivity contribution is 6.33. The predicted octanol–water partition coefficient (Wildman–Crippen LogP) is 2.97. The van der Waals surface area contributed by atoms with Crippen LogP contribution in [0.2, 0.25) is 5.02 Å². The number of para-hydroxylation sites is 1. The van der Waals surface area contributed by atoms with Crippen molar-refractivity contribution in [2.75, 3.05) is 11.1 Å². The molecule has 2 rings (SSSR count). The molecule has 0 fully saturated rings. The van der Waals surface area contributed by atoms with Crippen LogP contribution in [0.4, 0.5) is 23.0 Å². The van der Waals surface area contributed by atoms with E-state index in [-0.39, 0.29) is 17.3 Å². The molecule has 3 N–H and O–H groups in total. The van der Waals surface area contributed by atoms with Gasteiger partial charge in [0, 0.05) is 0 Å². The molecule has 0 spiro atoms. The molecular formula is C11H9ClN4O2. The van der Waals surface area contributed by atoms with Gasteiger partial charge in [-0.05, 0) is 12.1 Å². The summed E-state index contributed by atoms with van der Waals surface area (Å²) in [4.78, 5) is 14.1. The molecule has 0 bridgehead atoms. The van der Waals surface area contributed by atoms with Crippen LogP contribution in [0.5, 0.6) is 0 Å². The van der Waals surface area contributed by atoms with E-state index in [1.165, 1.54) is 12.1 Å². The minimum atomic E-state index is -0.532. The number of aromatic nitrogens is 1. The van der Waals surface area contributed by atoms with Gasteiger partial charge in [-0.25, -0.2) is 4.98 Å². The van der Waals surface area contributed by atoms with Crippen molar-refractivity contribution in [2.24, 2.45) is 0 Å². The van der Waals surface area contributed by atoms with Crippen molar-refractivity contribution in [2.45, 2.75) is 0 Å². The van der Waals surface area contributed by atoms with Crippen LogP contribution in [-0.4, -0.2) is 9.91 Å². The second-order valence-electron chi connectivity index (χ2n) is 3.50. The summed E-state index contributed by atoms with van der Waals surface area (Å²) in [5.41, 5.74) is 5.98. The summed E-state index contributed by atoms with van der Waals surface area (Å²) in [5.74, 6) is 0.341. The van der Waals surface area contributed by atoms with Crippen molar-refractivity contribution in [1.29, 1.82) is 0 Å². The van der Waals surface area contributed by atoms with Gasteiger partial charge >= 0.3 is 0 Å². The Morgan fingerprint density at radius 3 is 2.72 bits per heavy atom. The first-order valence-corrected chi connectivity index (χ1v) is 5.37. The van der Waals surface area contributed by atoms with Crippen molar-refractivity contribution >= 4 is 34.6 Å². The number of pyridine rings is 1. The van der Waals surface area contributed by atoms with Crippen molar-refractivity contribution in [3.05, 3.63) is 51.5 Å². The average molecular weight is 265 g/mol. The molecule has 1 aromatic heterocycles. The Hall–Kier alpha value is -2.34. The molecule has 1 aromatic carbocycles. The number of rotatable bonds is 3. The van der Waals surface area contributed by atoms with E-state index in [0.29, 0.717) is 10.7 Å². The van der Waals surface area contributed by atoms with E-state index in [1.807, 2.05) is 0 Å². The van der Waals surface area contributed by atoms with Crippen LogP contribution in [0.25, 0.3) is 0 Å². The number of benzene rings is 1. The number of hydrogen-bond donors (Lipinski definition) is 2. The largest absolute Gasteiger partial charge is 0.383 e. The molecule has 7 heteroatoms. The van der Waals surface area contributed by atoms with E-state index in [4.69, 9.17) is 17.3 Å². The number of halogens is 1. The lowest BCUT2D eigenvalue weighted by molar-refractivity contribution is -0.384. The lowest BCUT2D eigenvalue weighted by Gasteiger charge is -2.07. The van der Waals surface area contributed by atoms with Gasteiger partial charge in [0.15, 0.2) is 0 Å². The third-order valence-corrected chi connectivity index (χ3v) is 2.51. The fourth-order valence-electron chi connectivity index (χ4n) is 1.41. The Morgan fingerprint density at radius 1 is 1.33 bits per heavy atom. The average Bonchev–Trinajstić information content (AvgIpc) is 2.31. The Balaban J connectivity index is 2.35. The van der Waals surface area contributed by atoms with Crippen LogP contribution < -0.4 is 11.1 Å². The van der Waals surface area contributed by atoms with E-state index in [2.05, 4.69) is 10.3 Å². The van der Waals surface area contributed by atoms with Crippen LogP contribution in [0.3, 0.4) is 0 Å². The second kappa shape index (κ2) is 4.89. The lowest BCUT2D eigenvalue weighted by Crippen LogP contribution is -2.00. The van der Waals surface area contributed by atoms with Gasteiger partial charge in [0.2, 0.25) is 0 Å². The smallest absolute Gasteiger partial charge is 0.276 e. The molecule has 0 aliphatic rings. The molecule has 0 saturated heterocycles. The van der Waals surface area contributed by atoms with Gasteiger partial charge in [0.05, 0.1) is 27.8 Å². The van der Waals surface area contributed by atoms with Gasteiger partial charge in [-0.2, -0.15) is 0 Å². The highest BCUT2D eigenvalue weighted by Crippen LogP contribution is 2.26. The van der Waals surface area contributed by atoms with E-state index in [0.717, 1.165) is 0 Å². The zero-order valence-corrected chi connectivity index (χ0v) is 9.89. The van der Waals surface area contributed by atoms with Gasteiger partial charge < -0.3 is 11.1 Å². The van der Waals surface area contributed by atoms with Crippen molar-refractivity contribution in [1.82, 2.24) is 4.98 Å². The SMILES string of the molecule is Nc1cc([N+](=O)[O-])cc(Nc2ccccc2Cl)n1. The number of nitrogens with one attached hydrogen (secondary N) is 1. The fraction of sp³-hybridized carbons (Fsp3) is 0. The minimum absolute atomic E-state index is 0.0683. The molecule has 6 nitrogen and oxygen atoms in total. The maximum Gasteiger partial charge on any atom is 0.276 e. The molecular weight excluding hydrogens is 256 g/mol. The number of nitrogens with zero attached hydrogens (tertiary/aromatic N) is 2. The topological polar surface area (TPSA) is 94.1 Å². The first-order valence-electron chi connectivity index (χ1n) is 5.00. The molecule has 0 aliphatic carbocycles. The predicted molar refractivity (Wildman–Crippen MR) is 70.0 cm³/mol. The molecule has 0 amide bonds. The molecule has 0 atom stereocenters. The fourth-order valence-corrected chi connectivity index (χ4v) is 1.59. The van der Waals surface area contributed by atoms with Crippen LogP contribution in [0.15, 0.2) is 36.4 Å². The van der Waals surface area contributed by atoms with Gasteiger partial charge in [0.1, 0.15) is 11.6 Å². The lowest BCUT2D eigenvalue weighted by atomic mass is 10.3. The maximum absolute atomic E-state index is 10.7. The molecule has 0 unspecified atom stereocenters. The number of anilines is 3. The van der Waals surface area contributed by atoms with Gasteiger partial charge in [-0.1, -0.05) is 23.7 Å². The third-order valence-electron chi connectivity index (χ3n) is 2.18. The highest BCUT2D eigenvalue weighted by atomic mass is 35.5. The van der Waals surface area contributed by atoms with Crippen LogP contribution in [-0.2, 0) is 0 Å². The summed E-state index contributed by atoms with van der Waals surface area (Å²) < 4.78 is 0. The summed E-state index contributed by atoms with van der Waals surface area (Å²) in [6.07, 6.45) is 0. The zero-order valence-electron chi connectivity index (χ0n) is 9.13. The zero-order chi connectivity index (χ0) is 13.1. The van der Waals surface area contributed by atoms with Crippen molar-refractivity contribution < 1.29 is 4.92 Å². The molecule has 1 heterocycles. The maximum atomic E-state index is 10.7. The van der Waals surface area contributed by atoms with E-state index in [1.54, 1.807) is 24.3 Å². The monoisotopic (exact) mass is 264 g/mol. The summed E-state index contributed by atoms with van der Waals surface area (Å²) in [6, 6.07) is 9.48. The highest BCUT2D eigenvalue weighted by Gasteiger charge is 2.10. The normalized spacial score (nSPS) is 10.1.